The number of halogens is 2. The zero-order valence-electron chi connectivity index (χ0n) is 9.30. The Bertz CT molecular complexity index is 421. The van der Waals surface area contributed by atoms with Gasteiger partial charge in [0.2, 0.25) is 5.91 Å². The van der Waals surface area contributed by atoms with Crippen LogP contribution in [0.15, 0.2) is 22.7 Å². The highest BCUT2D eigenvalue weighted by Gasteiger charge is 2.22. The molecule has 17 heavy (non-hydrogen) atoms. The van der Waals surface area contributed by atoms with Crippen molar-refractivity contribution in [2.24, 2.45) is 0 Å². The van der Waals surface area contributed by atoms with Crippen LogP contribution in [0.5, 0.6) is 0 Å². The Hall–Kier alpha value is -1.10. The third-order valence-electron chi connectivity index (χ3n) is 2.54. The molecule has 1 amide bonds. The van der Waals surface area contributed by atoms with Crippen LogP contribution in [-0.2, 0) is 4.79 Å². The minimum Gasteiger partial charge on any atom is -0.384 e. The predicted molar refractivity (Wildman–Crippen MR) is 68.4 cm³/mol. The van der Waals surface area contributed by atoms with Crippen molar-refractivity contribution < 1.29 is 9.18 Å². The second-order valence-electron chi connectivity index (χ2n) is 4.15. The molecule has 1 aliphatic carbocycles. The summed E-state index contributed by atoms with van der Waals surface area (Å²) in [6.07, 6.45) is 2.60. The summed E-state index contributed by atoms with van der Waals surface area (Å²) in [4.78, 5) is 11.4. The molecule has 5 heteroatoms. The van der Waals surface area contributed by atoms with Gasteiger partial charge in [-0.15, -0.1) is 0 Å². The van der Waals surface area contributed by atoms with Gasteiger partial charge in [0.15, 0.2) is 0 Å². The van der Waals surface area contributed by atoms with Crippen molar-refractivity contribution >= 4 is 27.5 Å². The molecule has 0 atom stereocenters. The predicted octanol–water partition coefficient (Wildman–Crippen LogP) is 2.67. The van der Waals surface area contributed by atoms with E-state index in [2.05, 4.69) is 26.6 Å². The highest BCUT2D eigenvalue weighted by molar-refractivity contribution is 9.10. The number of hydrogen-bond acceptors (Lipinski definition) is 2. The first-order valence-electron chi connectivity index (χ1n) is 5.63. The molecule has 0 aromatic heterocycles. The van der Waals surface area contributed by atoms with Gasteiger partial charge in [-0.05, 0) is 47.0 Å². The summed E-state index contributed by atoms with van der Waals surface area (Å²) in [5.41, 5.74) is 0.685. The average molecular weight is 301 g/mol. The van der Waals surface area contributed by atoms with Gasteiger partial charge in [0.25, 0.3) is 0 Å². The van der Waals surface area contributed by atoms with E-state index in [9.17, 15) is 9.18 Å². The van der Waals surface area contributed by atoms with Crippen molar-refractivity contribution in [1.82, 2.24) is 5.32 Å². The van der Waals surface area contributed by atoms with Crippen molar-refractivity contribution in [3.05, 3.63) is 28.5 Å². The van der Waals surface area contributed by atoms with Gasteiger partial charge in [-0.25, -0.2) is 4.39 Å². The van der Waals surface area contributed by atoms with E-state index in [0.717, 1.165) is 12.8 Å². The molecule has 0 heterocycles. The summed E-state index contributed by atoms with van der Waals surface area (Å²) in [5.74, 6) is -0.255. The lowest BCUT2D eigenvalue weighted by Crippen LogP contribution is -2.27. The van der Waals surface area contributed by atoms with Crippen LogP contribution >= 0.6 is 15.9 Å². The van der Waals surface area contributed by atoms with Gasteiger partial charge in [-0.2, -0.15) is 0 Å². The number of rotatable bonds is 5. The lowest BCUT2D eigenvalue weighted by molar-refractivity contribution is -0.120. The molecular weight excluding hydrogens is 287 g/mol. The van der Waals surface area contributed by atoms with Crippen molar-refractivity contribution in [3.63, 3.8) is 0 Å². The van der Waals surface area contributed by atoms with Crippen LogP contribution in [0.25, 0.3) is 0 Å². The number of carbonyl (C=O) groups excluding carboxylic acids is 1. The van der Waals surface area contributed by atoms with Gasteiger partial charge in [-0.1, -0.05) is 0 Å². The Morgan fingerprint density at radius 1 is 1.47 bits per heavy atom. The van der Waals surface area contributed by atoms with E-state index in [1.54, 1.807) is 12.1 Å². The van der Waals surface area contributed by atoms with Crippen molar-refractivity contribution in [2.45, 2.75) is 25.3 Å². The Morgan fingerprint density at radius 3 is 2.88 bits per heavy atom. The highest BCUT2D eigenvalue weighted by Crippen LogP contribution is 2.20. The molecular formula is C12H14BrFN2O. The first-order chi connectivity index (χ1) is 8.15. The molecule has 0 saturated heterocycles. The van der Waals surface area contributed by atoms with Crippen LogP contribution < -0.4 is 10.6 Å². The van der Waals surface area contributed by atoms with Crippen LogP contribution in [0, 0.1) is 5.82 Å². The molecule has 1 saturated carbocycles. The molecule has 1 aromatic carbocycles. The molecule has 1 aromatic rings. The minimum atomic E-state index is -0.308. The average Bonchev–Trinajstić information content (AvgIpc) is 3.07. The monoisotopic (exact) mass is 300 g/mol. The molecule has 1 fully saturated rings. The second-order valence-corrected chi connectivity index (χ2v) is 5.00. The van der Waals surface area contributed by atoms with Crippen molar-refractivity contribution in [3.8, 4) is 0 Å². The van der Waals surface area contributed by atoms with Crippen LogP contribution in [0.1, 0.15) is 19.3 Å². The molecule has 0 bridgehead atoms. The second kappa shape index (κ2) is 5.49. The Kier molecular flexibility index (Phi) is 3.99. The van der Waals surface area contributed by atoms with Gasteiger partial charge in [0.05, 0.1) is 4.47 Å². The fourth-order valence-corrected chi connectivity index (χ4v) is 1.70. The SMILES string of the molecule is O=C(CCNc1ccc(Br)c(F)c1)NC1CC1. The van der Waals surface area contributed by atoms with Crippen LogP contribution in [0.3, 0.4) is 0 Å². The summed E-state index contributed by atoms with van der Waals surface area (Å²) in [7, 11) is 0. The Balaban J connectivity index is 1.73. The molecule has 0 radical (unpaired) electrons. The molecule has 0 unspecified atom stereocenters. The minimum absolute atomic E-state index is 0.0533. The number of benzene rings is 1. The van der Waals surface area contributed by atoms with Crippen molar-refractivity contribution in [2.75, 3.05) is 11.9 Å². The number of carbonyl (C=O) groups is 1. The summed E-state index contributed by atoms with van der Waals surface area (Å²) in [6.45, 7) is 0.514. The quantitative estimate of drug-likeness (QED) is 0.878. The van der Waals surface area contributed by atoms with Crippen LogP contribution in [0.2, 0.25) is 0 Å². The number of nitrogens with one attached hydrogen (secondary N) is 2. The zero-order valence-corrected chi connectivity index (χ0v) is 10.9. The molecule has 2 rings (SSSR count). The van der Waals surface area contributed by atoms with E-state index < -0.39 is 0 Å². The fourth-order valence-electron chi connectivity index (χ4n) is 1.45. The summed E-state index contributed by atoms with van der Waals surface area (Å²) in [5, 5.41) is 5.92. The Morgan fingerprint density at radius 2 is 2.24 bits per heavy atom. The summed E-state index contributed by atoms with van der Waals surface area (Å²) in [6, 6.07) is 5.21. The maximum Gasteiger partial charge on any atom is 0.221 e. The van der Waals surface area contributed by atoms with E-state index in [1.807, 2.05) is 0 Å². The van der Waals surface area contributed by atoms with Gasteiger partial charge in [-0.3, -0.25) is 4.79 Å². The number of amides is 1. The van der Waals surface area contributed by atoms with E-state index in [-0.39, 0.29) is 11.7 Å². The largest absolute Gasteiger partial charge is 0.384 e. The Labute approximate surface area is 108 Å². The van der Waals surface area contributed by atoms with Crippen LogP contribution in [-0.4, -0.2) is 18.5 Å². The van der Waals surface area contributed by atoms with E-state index in [1.165, 1.54) is 6.07 Å². The summed E-state index contributed by atoms with van der Waals surface area (Å²) >= 11 is 3.09. The number of anilines is 1. The van der Waals surface area contributed by atoms with Crippen LogP contribution in [0.4, 0.5) is 10.1 Å². The normalized spacial score (nSPS) is 14.5. The lowest BCUT2D eigenvalue weighted by Gasteiger charge is -2.07. The van der Waals surface area contributed by atoms with Gasteiger partial charge in [0.1, 0.15) is 5.82 Å². The number of hydrogen-bond donors (Lipinski definition) is 2. The maximum absolute atomic E-state index is 13.2. The molecule has 1 aliphatic rings. The third-order valence-corrected chi connectivity index (χ3v) is 3.19. The molecule has 2 N–H and O–H groups in total. The summed E-state index contributed by atoms with van der Waals surface area (Å²) < 4.78 is 13.6. The first kappa shape index (κ1) is 12.4. The van der Waals surface area contributed by atoms with Gasteiger partial charge in [0, 0.05) is 24.7 Å². The van der Waals surface area contributed by atoms with Gasteiger partial charge >= 0.3 is 0 Å². The fraction of sp³-hybridized carbons (Fsp3) is 0.417. The lowest BCUT2D eigenvalue weighted by atomic mass is 10.3. The molecule has 92 valence electrons. The smallest absolute Gasteiger partial charge is 0.221 e. The first-order valence-corrected chi connectivity index (χ1v) is 6.43. The molecule has 3 nitrogen and oxygen atoms in total. The maximum atomic E-state index is 13.2. The molecule has 0 spiro atoms. The highest BCUT2D eigenvalue weighted by atomic mass is 79.9. The standard InChI is InChI=1S/C12H14BrFN2O/c13-10-4-3-9(7-11(10)14)15-6-5-12(17)16-8-1-2-8/h3-4,7-8,15H,1-2,5-6H2,(H,16,17). The zero-order chi connectivity index (χ0) is 12.3. The van der Waals surface area contributed by atoms with Gasteiger partial charge < -0.3 is 10.6 Å². The third kappa shape index (κ3) is 4.00. The molecule has 0 aliphatic heterocycles. The topological polar surface area (TPSA) is 41.1 Å². The van der Waals surface area contributed by atoms with E-state index in [0.29, 0.717) is 29.2 Å². The van der Waals surface area contributed by atoms with E-state index >= 15 is 0 Å². The van der Waals surface area contributed by atoms with E-state index in [4.69, 9.17) is 0 Å². The van der Waals surface area contributed by atoms with Crippen molar-refractivity contribution in [1.29, 1.82) is 0 Å².